The molecule has 1 aromatic heterocycles. The molecule has 0 spiro atoms. The van der Waals surface area contributed by atoms with Crippen LogP contribution in [0.1, 0.15) is 37.5 Å². The van der Waals surface area contributed by atoms with E-state index in [4.69, 9.17) is 5.26 Å². The largest absolute Gasteiger partial charge is 0.348 e. The molecule has 1 fully saturated rings. The number of hydrogen-bond donors (Lipinski definition) is 1. The summed E-state index contributed by atoms with van der Waals surface area (Å²) in [5.74, 6) is 0.258. The van der Waals surface area contributed by atoms with Gasteiger partial charge in [-0.15, -0.1) is 11.3 Å². The lowest BCUT2D eigenvalue weighted by Crippen LogP contribution is -2.41. The average molecular weight is 274 g/mol. The Morgan fingerprint density at radius 3 is 2.95 bits per heavy atom. The number of nitriles is 1. The van der Waals surface area contributed by atoms with Crippen LogP contribution in [0.15, 0.2) is 23.1 Å². The second-order valence-corrected chi connectivity index (χ2v) is 6.01. The molecule has 1 aliphatic rings. The van der Waals surface area contributed by atoms with E-state index in [-0.39, 0.29) is 17.5 Å². The molecule has 0 radical (unpaired) electrons. The third kappa shape index (κ3) is 3.68. The van der Waals surface area contributed by atoms with Gasteiger partial charge in [-0.2, -0.15) is 5.26 Å². The average Bonchev–Trinajstić information content (AvgIpc) is 2.91. The highest BCUT2D eigenvalue weighted by Gasteiger charge is 2.23. The molecule has 0 aromatic carbocycles. The van der Waals surface area contributed by atoms with E-state index < -0.39 is 0 Å². The summed E-state index contributed by atoms with van der Waals surface area (Å²) in [6.07, 6.45) is 6.23. The maximum Gasteiger partial charge on any atom is 0.262 e. The van der Waals surface area contributed by atoms with E-state index in [1.807, 2.05) is 23.6 Å². The van der Waals surface area contributed by atoms with Gasteiger partial charge in [-0.05, 0) is 36.3 Å². The van der Waals surface area contributed by atoms with Gasteiger partial charge < -0.3 is 5.32 Å². The summed E-state index contributed by atoms with van der Waals surface area (Å²) < 4.78 is 0. The maximum atomic E-state index is 12.1. The minimum atomic E-state index is -0.241. The zero-order valence-corrected chi connectivity index (χ0v) is 11.9. The first-order valence-corrected chi connectivity index (χ1v) is 7.55. The highest BCUT2D eigenvalue weighted by molar-refractivity contribution is 7.10. The van der Waals surface area contributed by atoms with Crippen molar-refractivity contribution in [1.82, 2.24) is 5.32 Å². The third-order valence-corrected chi connectivity index (χ3v) is 4.44. The van der Waals surface area contributed by atoms with Gasteiger partial charge in [0.25, 0.3) is 5.91 Å². The van der Waals surface area contributed by atoms with Crippen molar-refractivity contribution >= 4 is 23.3 Å². The van der Waals surface area contributed by atoms with Gasteiger partial charge in [-0.25, -0.2) is 0 Å². The summed E-state index contributed by atoms with van der Waals surface area (Å²) in [7, 11) is 0. The number of carbonyl (C=O) groups is 1. The fourth-order valence-electron chi connectivity index (χ4n) is 2.44. The third-order valence-electron chi connectivity index (χ3n) is 3.62. The van der Waals surface area contributed by atoms with E-state index in [1.165, 1.54) is 17.8 Å². The number of nitrogens with one attached hydrogen (secondary N) is 1. The van der Waals surface area contributed by atoms with E-state index in [0.29, 0.717) is 5.92 Å². The van der Waals surface area contributed by atoms with Crippen molar-refractivity contribution in [1.29, 1.82) is 5.26 Å². The predicted molar refractivity (Wildman–Crippen MR) is 77.5 cm³/mol. The molecule has 1 aromatic rings. The van der Waals surface area contributed by atoms with Gasteiger partial charge in [0.15, 0.2) is 0 Å². The van der Waals surface area contributed by atoms with Crippen LogP contribution in [-0.2, 0) is 4.79 Å². The van der Waals surface area contributed by atoms with Crippen LogP contribution in [-0.4, -0.2) is 11.9 Å². The molecule has 0 saturated heterocycles. The SMILES string of the molecule is CC1CCCCC1NC(=O)/C(C#N)=C/c1cccs1. The zero-order valence-electron chi connectivity index (χ0n) is 11.1. The van der Waals surface area contributed by atoms with Gasteiger partial charge in [0.05, 0.1) is 0 Å². The molecule has 0 bridgehead atoms. The number of nitrogens with zero attached hydrogens (tertiary/aromatic N) is 1. The number of thiophene rings is 1. The van der Waals surface area contributed by atoms with Gasteiger partial charge in [0.2, 0.25) is 0 Å². The molecule has 100 valence electrons. The molecule has 3 nitrogen and oxygen atoms in total. The van der Waals surface area contributed by atoms with E-state index in [2.05, 4.69) is 12.2 Å². The summed E-state index contributed by atoms with van der Waals surface area (Å²) in [5.41, 5.74) is 0.195. The summed E-state index contributed by atoms with van der Waals surface area (Å²) in [6, 6.07) is 6.02. The minimum absolute atomic E-state index is 0.195. The van der Waals surface area contributed by atoms with E-state index in [9.17, 15) is 4.79 Å². The molecule has 4 heteroatoms. The van der Waals surface area contributed by atoms with E-state index >= 15 is 0 Å². The lowest BCUT2D eigenvalue weighted by Gasteiger charge is -2.29. The molecule has 1 N–H and O–H groups in total. The molecule has 2 rings (SSSR count). The van der Waals surface area contributed by atoms with Crippen LogP contribution in [0.2, 0.25) is 0 Å². The van der Waals surface area contributed by atoms with Crippen molar-refractivity contribution in [3.63, 3.8) is 0 Å². The van der Waals surface area contributed by atoms with Crippen molar-refractivity contribution < 1.29 is 4.79 Å². The zero-order chi connectivity index (χ0) is 13.7. The summed E-state index contributed by atoms with van der Waals surface area (Å²) in [5, 5.41) is 14.1. The van der Waals surface area contributed by atoms with Crippen LogP contribution in [0.3, 0.4) is 0 Å². The van der Waals surface area contributed by atoms with Crippen molar-refractivity contribution in [2.45, 2.75) is 38.6 Å². The molecule has 19 heavy (non-hydrogen) atoms. The summed E-state index contributed by atoms with van der Waals surface area (Å²) in [4.78, 5) is 13.1. The quantitative estimate of drug-likeness (QED) is 0.679. The lowest BCUT2D eigenvalue weighted by molar-refractivity contribution is -0.118. The first-order chi connectivity index (χ1) is 9.20. The smallest absolute Gasteiger partial charge is 0.262 e. The van der Waals surface area contributed by atoms with E-state index in [1.54, 1.807) is 6.08 Å². The fourth-order valence-corrected chi connectivity index (χ4v) is 3.10. The summed E-state index contributed by atoms with van der Waals surface area (Å²) in [6.45, 7) is 2.17. The molecule has 1 aliphatic carbocycles. The fraction of sp³-hybridized carbons (Fsp3) is 0.467. The molecule has 2 atom stereocenters. The first-order valence-electron chi connectivity index (χ1n) is 6.67. The van der Waals surface area contributed by atoms with Gasteiger partial charge in [-0.3, -0.25) is 4.79 Å². The van der Waals surface area contributed by atoms with Gasteiger partial charge >= 0.3 is 0 Å². The first kappa shape index (κ1) is 13.8. The second-order valence-electron chi connectivity index (χ2n) is 5.03. The molecular formula is C15H18N2OS. The molecule has 0 aliphatic heterocycles. The van der Waals surface area contributed by atoms with Crippen LogP contribution in [0.5, 0.6) is 0 Å². The molecule has 2 unspecified atom stereocenters. The van der Waals surface area contributed by atoms with Crippen LogP contribution in [0.25, 0.3) is 6.08 Å². The summed E-state index contributed by atoms with van der Waals surface area (Å²) >= 11 is 1.52. The van der Waals surface area contributed by atoms with Crippen LogP contribution in [0, 0.1) is 17.2 Å². The molecule has 1 saturated carbocycles. The highest BCUT2D eigenvalue weighted by atomic mass is 32.1. The van der Waals surface area contributed by atoms with Gasteiger partial charge in [0.1, 0.15) is 11.6 Å². The topological polar surface area (TPSA) is 52.9 Å². The minimum Gasteiger partial charge on any atom is -0.348 e. The van der Waals surface area contributed by atoms with Crippen molar-refractivity contribution in [2.24, 2.45) is 5.92 Å². The van der Waals surface area contributed by atoms with Crippen molar-refractivity contribution in [3.05, 3.63) is 28.0 Å². The highest BCUT2D eigenvalue weighted by Crippen LogP contribution is 2.24. The van der Waals surface area contributed by atoms with E-state index in [0.717, 1.165) is 24.1 Å². The van der Waals surface area contributed by atoms with Gasteiger partial charge in [0, 0.05) is 10.9 Å². The van der Waals surface area contributed by atoms with Crippen molar-refractivity contribution in [3.8, 4) is 6.07 Å². The Hall–Kier alpha value is -1.60. The van der Waals surface area contributed by atoms with Gasteiger partial charge in [-0.1, -0.05) is 25.8 Å². The molecule has 1 heterocycles. The maximum absolute atomic E-state index is 12.1. The Kier molecular flexibility index (Phi) is 4.75. The lowest BCUT2D eigenvalue weighted by atomic mass is 9.86. The number of carbonyl (C=O) groups excluding carboxylic acids is 1. The van der Waals surface area contributed by atoms with Crippen LogP contribution in [0.4, 0.5) is 0 Å². The van der Waals surface area contributed by atoms with Crippen LogP contribution < -0.4 is 5.32 Å². The predicted octanol–water partition coefficient (Wildman–Crippen LogP) is 3.35. The Morgan fingerprint density at radius 1 is 1.53 bits per heavy atom. The molecule has 1 amide bonds. The normalized spacial score (nSPS) is 23.7. The number of rotatable bonds is 3. The Bertz CT molecular complexity index is 499. The van der Waals surface area contributed by atoms with Crippen molar-refractivity contribution in [2.75, 3.05) is 0 Å². The monoisotopic (exact) mass is 274 g/mol. The Labute approximate surface area is 117 Å². The second kappa shape index (κ2) is 6.53. The number of amides is 1. The Morgan fingerprint density at radius 2 is 2.32 bits per heavy atom. The standard InChI is InChI=1S/C15H18N2OS/c1-11-5-2-3-7-14(11)17-15(18)12(10-16)9-13-6-4-8-19-13/h4,6,8-9,11,14H,2-3,5,7H2,1H3,(H,17,18)/b12-9+. The number of hydrogen-bond acceptors (Lipinski definition) is 3. The molecular weight excluding hydrogens is 256 g/mol. The Balaban J connectivity index is 2.03. The van der Waals surface area contributed by atoms with Crippen LogP contribution >= 0.6 is 11.3 Å².